The number of benzene rings is 3. The van der Waals surface area contributed by atoms with Crippen molar-refractivity contribution in [3.8, 4) is 16.9 Å². The van der Waals surface area contributed by atoms with Crippen LogP contribution in [-0.2, 0) is 44.8 Å². The highest BCUT2D eigenvalue weighted by molar-refractivity contribution is 5.77. The zero-order valence-corrected chi connectivity index (χ0v) is 20.6. The number of nitrogens with one attached hydrogen (secondary N) is 1. The van der Waals surface area contributed by atoms with E-state index < -0.39 is 23.7 Å². The molecule has 37 heavy (non-hydrogen) atoms. The van der Waals surface area contributed by atoms with Gasteiger partial charge in [0.15, 0.2) is 0 Å². The van der Waals surface area contributed by atoms with Crippen LogP contribution < -0.4 is 10.1 Å². The molecule has 3 rings (SSSR count). The van der Waals surface area contributed by atoms with E-state index in [9.17, 15) is 22.8 Å². The van der Waals surface area contributed by atoms with Crippen LogP contribution in [0.4, 0.5) is 13.2 Å². The monoisotopic (exact) mass is 515 g/mol. The number of rotatable bonds is 11. The fourth-order valence-corrected chi connectivity index (χ4v) is 3.72. The normalized spacial score (nSPS) is 11.2. The molecule has 0 bridgehead atoms. The molecule has 0 spiro atoms. The minimum absolute atomic E-state index is 0.00675. The third-order valence-corrected chi connectivity index (χ3v) is 5.63. The quantitative estimate of drug-likeness (QED) is 0.275. The molecule has 9 heteroatoms. The minimum Gasteiger partial charge on any atom is -0.496 e. The summed E-state index contributed by atoms with van der Waals surface area (Å²) in [4.78, 5) is 23.8. The maximum Gasteiger partial charge on any atom is 0.416 e. The molecule has 0 fully saturated rings. The summed E-state index contributed by atoms with van der Waals surface area (Å²) < 4.78 is 55.8. The second kappa shape index (κ2) is 12.9. The molecule has 0 saturated carbocycles. The van der Waals surface area contributed by atoms with Gasteiger partial charge in [0.2, 0.25) is 0 Å². The number of halogens is 3. The van der Waals surface area contributed by atoms with Crippen LogP contribution in [0.1, 0.15) is 28.7 Å². The van der Waals surface area contributed by atoms with E-state index in [1.807, 2.05) is 30.3 Å². The SMILES string of the molecule is COC(=O)Cc1ccc(OC)c(-c2ccc(C(F)(F)F)cc2CNCCC(=O)OCc2ccccc2)c1. The second-order valence-electron chi connectivity index (χ2n) is 8.23. The topological polar surface area (TPSA) is 73.9 Å². The highest BCUT2D eigenvalue weighted by Crippen LogP contribution is 2.37. The van der Waals surface area contributed by atoms with E-state index in [2.05, 4.69) is 5.32 Å². The van der Waals surface area contributed by atoms with Gasteiger partial charge in [-0.25, -0.2) is 0 Å². The molecule has 3 aromatic rings. The molecule has 3 aromatic carbocycles. The molecule has 196 valence electrons. The van der Waals surface area contributed by atoms with Crippen LogP contribution in [-0.4, -0.2) is 32.7 Å². The first-order valence-corrected chi connectivity index (χ1v) is 11.6. The van der Waals surface area contributed by atoms with Crippen molar-refractivity contribution in [1.82, 2.24) is 5.32 Å². The zero-order valence-electron chi connectivity index (χ0n) is 20.6. The maximum atomic E-state index is 13.5. The highest BCUT2D eigenvalue weighted by atomic mass is 19.4. The van der Waals surface area contributed by atoms with E-state index >= 15 is 0 Å². The standard InChI is InChI=1S/C28H28F3NO5/c1-35-25-11-8-20(15-27(34)36-2)14-24(25)23-10-9-22(28(29,30)31)16-21(23)17-32-13-12-26(33)37-18-19-6-4-3-5-7-19/h3-11,14,16,32H,12-13,15,17-18H2,1-2H3. The van der Waals surface area contributed by atoms with Gasteiger partial charge in [0, 0.05) is 18.7 Å². The van der Waals surface area contributed by atoms with Crippen LogP contribution in [0.15, 0.2) is 66.7 Å². The maximum absolute atomic E-state index is 13.5. The van der Waals surface area contributed by atoms with Crippen LogP contribution >= 0.6 is 0 Å². The zero-order chi connectivity index (χ0) is 26.8. The van der Waals surface area contributed by atoms with Gasteiger partial charge in [0.25, 0.3) is 0 Å². The molecule has 0 heterocycles. The molecule has 0 atom stereocenters. The number of hydrogen-bond donors (Lipinski definition) is 1. The van der Waals surface area contributed by atoms with Crippen molar-refractivity contribution in [2.45, 2.75) is 32.2 Å². The Morgan fingerprint density at radius 1 is 0.865 bits per heavy atom. The molecule has 0 aliphatic heterocycles. The summed E-state index contributed by atoms with van der Waals surface area (Å²) >= 11 is 0. The van der Waals surface area contributed by atoms with Crippen molar-refractivity contribution >= 4 is 11.9 Å². The van der Waals surface area contributed by atoms with Crippen molar-refractivity contribution in [2.75, 3.05) is 20.8 Å². The first-order chi connectivity index (χ1) is 17.7. The fraction of sp³-hybridized carbons (Fsp3) is 0.286. The summed E-state index contributed by atoms with van der Waals surface area (Å²) in [5, 5.41) is 3.03. The first kappa shape index (κ1) is 27.7. The van der Waals surface area contributed by atoms with Gasteiger partial charge in [-0.05, 0) is 46.5 Å². The van der Waals surface area contributed by atoms with Gasteiger partial charge in [-0.3, -0.25) is 9.59 Å². The van der Waals surface area contributed by atoms with E-state index in [4.69, 9.17) is 14.2 Å². The minimum atomic E-state index is -4.52. The van der Waals surface area contributed by atoms with Crippen molar-refractivity contribution in [2.24, 2.45) is 0 Å². The van der Waals surface area contributed by atoms with E-state index in [0.717, 1.165) is 17.7 Å². The summed E-state index contributed by atoms with van der Waals surface area (Å²) in [6.45, 7) is 0.428. The molecule has 6 nitrogen and oxygen atoms in total. The van der Waals surface area contributed by atoms with E-state index in [-0.39, 0.29) is 32.5 Å². The molecule has 0 unspecified atom stereocenters. The van der Waals surface area contributed by atoms with Gasteiger partial charge < -0.3 is 19.5 Å². The van der Waals surface area contributed by atoms with Crippen molar-refractivity contribution in [3.63, 3.8) is 0 Å². The number of methoxy groups -OCH3 is 2. The number of esters is 2. The van der Waals surface area contributed by atoms with Crippen LogP contribution in [0.5, 0.6) is 5.75 Å². The predicted octanol–water partition coefficient (Wildman–Crippen LogP) is 5.32. The third-order valence-electron chi connectivity index (χ3n) is 5.63. The lowest BCUT2D eigenvalue weighted by Crippen LogP contribution is -2.20. The molecule has 0 amide bonds. The molecule has 1 N–H and O–H groups in total. The number of carbonyl (C=O) groups excluding carboxylic acids is 2. The van der Waals surface area contributed by atoms with Crippen molar-refractivity contribution < 1.29 is 37.0 Å². The molecule has 0 radical (unpaired) electrons. The van der Waals surface area contributed by atoms with Crippen LogP contribution in [0, 0.1) is 0 Å². The van der Waals surface area contributed by atoms with Crippen LogP contribution in [0.2, 0.25) is 0 Å². The molecule has 0 aliphatic rings. The predicted molar refractivity (Wildman–Crippen MR) is 132 cm³/mol. The molecule has 0 aliphatic carbocycles. The van der Waals surface area contributed by atoms with Crippen molar-refractivity contribution in [1.29, 1.82) is 0 Å². The second-order valence-corrected chi connectivity index (χ2v) is 8.23. The number of hydrogen-bond acceptors (Lipinski definition) is 6. The van der Waals surface area contributed by atoms with Gasteiger partial charge in [-0.1, -0.05) is 42.5 Å². The van der Waals surface area contributed by atoms with Gasteiger partial charge in [-0.2, -0.15) is 13.2 Å². The number of ether oxygens (including phenoxy) is 3. The van der Waals surface area contributed by atoms with Crippen LogP contribution in [0.3, 0.4) is 0 Å². The summed E-state index contributed by atoms with van der Waals surface area (Å²) in [6.07, 6.45) is -4.46. The third kappa shape index (κ3) is 8.08. The lowest BCUT2D eigenvalue weighted by molar-refractivity contribution is -0.145. The Labute approximate surface area is 213 Å². The summed E-state index contributed by atoms with van der Waals surface area (Å²) in [5.74, 6) is -0.415. The van der Waals surface area contributed by atoms with Gasteiger partial charge >= 0.3 is 18.1 Å². The van der Waals surface area contributed by atoms with Crippen LogP contribution in [0.25, 0.3) is 11.1 Å². The Hall–Kier alpha value is -3.85. The van der Waals surface area contributed by atoms with E-state index in [0.29, 0.717) is 28.0 Å². The average Bonchev–Trinajstić information content (AvgIpc) is 2.89. The Morgan fingerprint density at radius 2 is 1.62 bits per heavy atom. The van der Waals surface area contributed by atoms with Crippen molar-refractivity contribution in [3.05, 3.63) is 89.0 Å². The van der Waals surface area contributed by atoms with E-state index in [1.54, 1.807) is 18.2 Å². The van der Waals surface area contributed by atoms with Gasteiger partial charge in [0.1, 0.15) is 12.4 Å². The summed E-state index contributed by atoms with van der Waals surface area (Å²) in [7, 11) is 2.74. The summed E-state index contributed by atoms with van der Waals surface area (Å²) in [5.41, 5.74) is 2.11. The Kier molecular flexibility index (Phi) is 9.68. The molecule has 0 saturated heterocycles. The molecule has 0 aromatic heterocycles. The first-order valence-electron chi connectivity index (χ1n) is 11.6. The number of carbonyl (C=O) groups is 2. The largest absolute Gasteiger partial charge is 0.496 e. The van der Waals surface area contributed by atoms with E-state index in [1.165, 1.54) is 20.3 Å². The summed E-state index contributed by atoms with van der Waals surface area (Å²) in [6, 6.07) is 17.8. The fourth-order valence-electron chi connectivity index (χ4n) is 3.72. The highest BCUT2D eigenvalue weighted by Gasteiger charge is 2.31. The van der Waals surface area contributed by atoms with Gasteiger partial charge in [0.05, 0.1) is 32.6 Å². The Morgan fingerprint density at radius 3 is 2.30 bits per heavy atom. The Balaban J connectivity index is 1.76. The smallest absolute Gasteiger partial charge is 0.416 e. The molecular formula is C28H28F3NO5. The lowest BCUT2D eigenvalue weighted by Gasteiger charge is -2.17. The molecular weight excluding hydrogens is 487 g/mol. The Bertz CT molecular complexity index is 1210. The van der Waals surface area contributed by atoms with Gasteiger partial charge in [-0.15, -0.1) is 0 Å². The lowest BCUT2D eigenvalue weighted by atomic mass is 9.94. The average molecular weight is 516 g/mol. The number of alkyl halides is 3.